The second-order valence-corrected chi connectivity index (χ2v) is 3.04. The fourth-order valence-electron chi connectivity index (χ4n) is 1.01. The largest absolute Gasteiger partial charge is 0.508 e. The monoisotopic (exact) mass is 215 g/mol. The number of amides is 1. The van der Waals surface area contributed by atoms with Gasteiger partial charge in [0.15, 0.2) is 0 Å². The zero-order chi connectivity index (χ0) is 10.6. The summed E-state index contributed by atoms with van der Waals surface area (Å²) in [6, 6.07) is 4.12. The van der Waals surface area contributed by atoms with E-state index in [1.807, 2.05) is 0 Å². The predicted octanol–water partition coefficient (Wildman–Crippen LogP) is 0.953. The van der Waals surface area contributed by atoms with Gasteiger partial charge in [0.25, 0.3) is 0 Å². The number of nitrogens with one attached hydrogen (secondary N) is 1. The number of alkyl halides is 1. The molecule has 0 aliphatic heterocycles. The normalized spacial score (nSPS) is 9.79. The molecule has 1 aromatic carbocycles. The molecular formula is C9H10ClNO3. The average molecular weight is 216 g/mol. The Morgan fingerprint density at radius 3 is 2.36 bits per heavy atom. The van der Waals surface area contributed by atoms with Gasteiger partial charge in [-0.2, -0.15) is 0 Å². The van der Waals surface area contributed by atoms with E-state index in [1.54, 1.807) is 0 Å². The minimum atomic E-state index is -0.297. The van der Waals surface area contributed by atoms with E-state index in [0.29, 0.717) is 5.56 Å². The summed E-state index contributed by atoms with van der Waals surface area (Å²) < 4.78 is 0. The van der Waals surface area contributed by atoms with Crippen molar-refractivity contribution < 1.29 is 15.0 Å². The molecule has 0 saturated carbocycles. The summed E-state index contributed by atoms with van der Waals surface area (Å²) >= 11 is 5.27. The van der Waals surface area contributed by atoms with Gasteiger partial charge >= 0.3 is 0 Å². The standard InChI is InChI=1S/C9H10ClNO3/c10-4-9(14)11-5-6-1-7(12)3-8(13)2-6/h1-3,12-13H,4-5H2,(H,11,14). The van der Waals surface area contributed by atoms with Crippen molar-refractivity contribution in [2.75, 3.05) is 5.88 Å². The molecule has 0 saturated heterocycles. The van der Waals surface area contributed by atoms with Crippen molar-refractivity contribution in [2.45, 2.75) is 6.54 Å². The third-order valence-electron chi connectivity index (χ3n) is 1.57. The lowest BCUT2D eigenvalue weighted by Gasteiger charge is -2.04. The van der Waals surface area contributed by atoms with Crippen LogP contribution in [0.2, 0.25) is 0 Å². The van der Waals surface area contributed by atoms with E-state index in [4.69, 9.17) is 21.8 Å². The van der Waals surface area contributed by atoms with Crippen LogP contribution in [-0.2, 0) is 11.3 Å². The van der Waals surface area contributed by atoms with Gasteiger partial charge in [-0.15, -0.1) is 11.6 Å². The minimum absolute atomic E-state index is 0.0416. The van der Waals surface area contributed by atoms with E-state index in [1.165, 1.54) is 18.2 Å². The maximum Gasteiger partial charge on any atom is 0.235 e. The van der Waals surface area contributed by atoms with E-state index in [9.17, 15) is 4.79 Å². The Kier molecular flexibility index (Phi) is 3.59. The average Bonchev–Trinajstić information content (AvgIpc) is 2.12. The van der Waals surface area contributed by atoms with Gasteiger partial charge in [-0.3, -0.25) is 4.79 Å². The number of rotatable bonds is 3. The number of hydrogen-bond acceptors (Lipinski definition) is 3. The summed E-state index contributed by atoms with van der Waals surface area (Å²) in [7, 11) is 0. The molecule has 0 heterocycles. The summed E-state index contributed by atoms with van der Waals surface area (Å²) in [6.07, 6.45) is 0. The Labute approximate surface area is 86.1 Å². The fourth-order valence-corrected chi connectivity index (χ4v) is 1.10. The van der Waals surface area contributed by atoms with Crippen molar-refractivity contribution in [1.29, 1.82) is 0 Å². The zero-order valence-electron chi connectivity index (χ0n) is 7.33. The van der Waals surface area contributed by atoms with Crippen LogP contribution < -0.4 is 5.32 Å². The van der Waals surface area contributed by atoms with Crippen LogP contribution in [0.25, 0.3) is 0 Å². The van der Waals surface area contributed by atoms with Gasteiger partial charge in [0.2, 0.25) is 5.91 Å². The first-order chi connectivity index (χ1) is 6.61. The van der Waals surface area contributed by atoms with Gasteiger partial charge in [-0.05, 0) is 17.7 Å². The molecule has 1 aromatic rings. The fraction of sp³-hybridized carbons (Fsp3) is 0.222. The highest BCUT2D eigenvalue weighted by Gasteiger charge is 2.01. The third-order valence-corrected chi connectivity index (χ3v) is 1.82. The lowest BCUT2D eigenvalue weighted by molar-refractivity contribution is -0.118. The molecule has 0 bridgehead atoms. The van der Waals surface area contributed by atoms with Gasteiger partial charge in [-0.25, -0.2) is 0 Å². The molecule has 1 amide bonds. The summed E-state index contributed by atoms with van der Waals surface area (Å²) in [6.45, 7) is 0.230. The lowest BCUT2D eigenvalue weighted by Crippen LogP contribution is -2.23. The SMILES string of the molecule is O=C(CCl)NCc1cc(O)cc(O)c1. The maximum absolute atomic E-state index is 10.8. The molecule has 3 N–H and O–H groups in total. The van der Waals surface area contributed by atoms with Gasteiger partial charge < -0.3 is 15.5 Å². The second kappa shape index (κ2) is 4.72. The quantitative estimate of drug-likeness (QED) is 0.658. The molecule has 0 spiro atoms. The molecule has 76 valence electrons. The van der Waals surface area contributed by atoms with Gasteiger partial charge in [0.1, 0.15) is 17.4 Å². The Morgan fingerprint density at radius 1 is 1.29 bits per heavy atom. The van der Waals surface area contributed by atoms with Crippen LogP contribution in [0, 0.1) is 0 Å². The zero-order valence-corrected chi connectivity index (χ0v) is 8.08. The van der Waals surface area contributed by atoms with Crippen LogP contribution in [-0.4, -0.2) is 22.0 Å². The molecule has 14 heavy (non-hydrogen) atoms. The van der Waals surface area contributed by atoms with Crippen LogP contribution in [0.4, 0.5) is 0 Å². The Bertz CT molecular complexity index is 321. The topological polar surface area (TPSA) is 69.6 Å². The third kappa shape index (κ3) is 3.14. The van der Waals surface area contributed by atoms with E-state index >= 15 is 0 Å². The first-order valence-corrected chi connectivity index (χ1v) is 4.50. The molecule has 0 aliphatic rings. The highest BCUT2D eigenvalue weighted by atomic mass is 35.5. The smallest absolute Gasteiger partial charge is 0.235 e. The summed E-state index contributed by atoms with van der Waals surface area (Å²) in [5, 5.41) is 20.7. The first kappa shape index (κ1) is 10.7. The van der Waals surface area contributed by atoms with Crippen molar-refractivity contribution in [3.63, 3.8) is 0 Å². The molecule has 1 rings (SSSR count). The van der Waals surface area contributed by atoms with E-state index in [0.717, 1.165) is 0 Å². The number of phenols is 2. The van der Waals surface area contributed by atoms with E-state index in [2.05, 4.69) is 5.32 Å². The molecule has 0 aromatic heterocycles. The number of benzene rings is 1. The highest BCUT2D eigenvalue weighted by molar-refractivity contribution is 6.27. The maximum atomic E-state index is 10.8. The summed E-state index contributed by atoms with van der Waals surface area (Å²) in [5.74, 6) is -0.486. The second-order valence-electron chi connectivity index (χ2n) is 2.77. The van der Waals surface area contributed by atoms with Crippen molar-refractivity contribution >= 4 is 17.5 Å². The number of carbonyl (C=O) groups is 1. The molecule has 0 fully saturated rings. The van der Waals surface area contributed by atoms with Crippen LogP contribution in [0.15, 0.2) is 18.2 Å². The number of halogens is 1. The minimum Gasteiger partial charge on any atom is -0.508 e. The van der Waals surface area contributed by atoms with Crippen molar-refractivity contribution in [2.24, 2.45) is 0 Å². The molecule has 4 nitrogen and oxygen atoms in total. The predicted molar refractivity (Wildman–Crippen MR) is 52.3 cm³/mol. The first-order valence-electron chi connectivity index (χ1n) is 3.96. The van der Waals surface area contributed by atoms with Crippen LogP contribution in [0.3, 0.4) is 0 Å². The van der Waals surface area contributed by atoms with Crippen molar-refractivity contribution in [3.8, 4) is 11.5 Å². The molecule has 5 heteroatoms. The summed E-state index contributed by atoms with van der Waals surface area (Å²) in [5.41, 5.74) is 0.612. The number of aromatic hydroxyl groups is 2. The number of carbonyl (C=O) groups excluding carboxylic acids is 1. The molecule has 0 aliphatic carbocycles. The summed E-state index contributed by atoms with van der Waals surface area (Å²) in [4.78, 5) is 10.8. The molecule has 0 radical (unpaired) electrons. The molecular weight excluding hydrogens is 206 g/mol. The highest BCUT2D eigenvalue weighted by Crippen LogP contribution is 2.19. The van der Waals surface area contributed by atoms with E-state index in [-0.39, 0.29) is 29.8 Å². The number of hydrogen-bond donors (Lipinski definition) is 3. The lowest BCUT2D eigenvalue weighted by atomic mass is 10.2. The van der Waals surface area contributed by atoms with Crippen molar-refractivity contribution in [3.05, 3.63) is 23.8 Å². The van der Waals surface area contributed by atoms with Crippen LogP contribution in [0.1, 0.15) is 5.56 Å². The Morgan fingerprint density at radius 2 is 1.86 bits per heavy atom. The van der Waals surface area contributed by atoms with Gasteiger partial charge in [0, 0.05) is 12.6 Å². The molecule has 0 atom stereocenters. The van der Waals surface area contributed by atoms with Gasteiger partial charge in [-0.1, -0.05) is 0 Å². The van der Waals surface area contributed by atoms with Crippen molar-refractivity contribution in [1.82, 2.24) is 5.32 Å². The number of phenolic OH excluding ortho intramolecular Hbond substituents is 2. The Hall–Kier alpha value is -1.42. The van der Waals surface area contributed by atoms with Gasteiger partial charge in [0.05, 0.1) is 0 Å². The van der Waals surface area contributed by atoms with E-state index < -0.39 is 0 Å². The van der Waals surface area contributed by atoms with Crippen LogP contribution >= 0.6 is 11.6 Å². The Balaban J connectivity index is 2.63. The van der Waals surface area contributed by atoms with Crippen LogP contribution in [0.5, 0.6) is 11.5 Å². The molecule has 0 unspecified atom stereocenters.